The van der Waals surface area contributed by atoms with Gasteiger partial charge >= 0.3 is 5.97 Å². The van der Waals surface area contributed by atoms with Crippen molar-refractivity contribution in [1.82, 2.24) is 9.97 Å². The van der Waals surface area contributed by atoms with Crippen LogP contribution in [0.2, 0.25) is 10.0 Å². The van der Waals surface area contributed by atoms with Gasteiger partial charge in [-0.25, -0.2) is 4.98 Å². The van der Waals surface area contributed by atoms with Crippen molar-refractivity contribution in [3.05, 3.63) is 130 Å². The zero-order valence-electron chi connectivity index (χ0n) is 22.7. The highest BCUT2D eigenvalue weighted by atomic mass is 35.5. The molecule has 0 radical (unpaired) electrons. The van der Waals surface area contributed by atoms with Gasteiger partial charge in [-0.05, 0) is 42.8 Å². The fourth-order valence-corrected chi connectivity index (χ4v) is 4.49. The third-order valence-electron chi connectivity index (χ3n) is 6.36. The van der Waals surface area contributed by atoms with Crippen LogP contribution in [0.3, 0.4) is 0 Å². The van der Waals surface area contributed by atoms with Gasteiger partial charge in [-0.3, -0.25) is 4.79 Å². The lowest BCUT2D eigenvalue weighted by Gasteiger charge is -2.11. The van der Waals surface area contributed by atoms with Crippen LogP contribution in [0.1, 0.15) is 24.0 Å². The van der Waals surface area contributed by atoms with Gasteiger partial charge < -0.3 is 14.2 Å². The molecule has 0 fully saturated rings. The molecule has 0 amide bonds. The van der Waals surface area contributed by atoms with E-state index in [1.807, 2.05) is 103 Å². The van der Waals surface area contributed by atoms with Gasteiger partial charge in [0, 0.05) is 44.8 Å². The second-order valence-electron chi connectivity index (χ2n) is 9.39. The predicted octanol–water partition coefficient (Wildman–Crippen LogP) is 8.60. The van der Waals surface area contributed by atoms with Crippen molar-refractivity contribution in [2.24, 2.45) is 0 Å². The summed E-state index contributed by atoms with van der Waals surface area (Å²) in [7, 11) is 0. The summed E-state index contributed by atoms with van der Waals surface area (Å²) < 4.78 is 17.2. The number of esters is 1. The van der Waals surface area contributed by atoms with Crippen molar-refractivity contribution in [2.45, 2.75) is 26.1 Å². The molecule has 0 bridgehead atoms. The highest BCUT2D eigenvalue weighted by Crippen LogP contribution is 2.28. The fraction of sp³-hybridized carbons (Fsp3) is 0.147. The average Bonchev–Trinajstić information content (AvgIpc) is 3.03. The van der Waals surface area contributed by atoms with E-state index in [0.717, 1.165) is 27.9 Å². The van der Waals surface area contributed by atoms with Gasteiger partial charge in [0.05, 0.1) is 12.3 Å². The minimum atomic E-state index is -0.295. The maximum atomic E-state index is 12.1. The molecule has 0 aliphatic carbocycles. The molecule has 5 aromatic rings. The Hall–Kier alpha value is -4.39. The predicted molar refractivity (Wildman–Crippen MR) is 165 cm³/mol. The number of aromatic nitrogens is 2. The van der Waals surface area contributed by atoms with Crippen LogP contribution in [0, 0.1) is 0 Å². The lowest BCUT2D eigenvalue weighted by Crippen LogP contribution is -2.07. The average molecular weight is 600 g/mol. The third-order valence-corrected chi connectivity index (χ3v) is 7.10. The molecule has 0 unspecified atom stereocenters. The Morgan fingerprint density at radius 3 is 2.00 bits per heavy atom. The summed E-state index contributed by atoms with van der Waals surface area (Å²) in [6.45, 7) is 0.812. The van der Waals surface area contributed by atoms with Crippen molar-refractivity contribution < 1.29 is 19.0 Å². The first-order chi connectivity index (χ1) is 20.5. The molecule has 0 saturated heterocycles. The highest BCUT2D eigenvalue weighted by molar-refractivity contribution is 6.31. The van der Waals surface area contributed by atoms with E-state index in [0.29, 0.717) is 40.5 Å². The molecule has 0 aliphatic heterocycles. The SMILES string of the molecule is O=C(CCCOc1ccc(-c2nc(OCc3ccccc3Cl)cc(-c3ccccc3)n2)cc1)OCc1ccccc1Cl. The third kappa shape index (κ3) is 8.09. The van der Waals surface area contributed by atoms with Crippen molar-refractivity contribution in [3.63, 3.8) is 0 Å². The Balaban J connectivity index is 1.20. The van der Waals surface area contributed by atoms with Crippen LogP contribution in [-0.4, -0.2) is 22.5 Å². The normalized spacial score (nSPS) is 10.7. The second-order valence-corrected chi connectivity index (χ2v) is 10.2. The Morgan fingerprint density at radius 2 is 1.31 bits per heavy atom. The Kier molecular flexibility index (Phi) is 10.0. The van der Waals surface area contributed by atoms with Crippen LogP contribution >= 0.6 is 23.2 Å². The number of carbonyl (C=O) groups excluding carboxylic acids is 1. The molecule has 6 nitrogen and oxygen atoms in total. The number of benzene rings is 4. The molecular formula is C34H28Cl2N2O4. The lowest BCUT2D eigenvalue weighted by molar-refractivity contribution is -0.145. The van der Waals surface area contributed by atoms with E-state index in [4.69, 9.17) is 42.4 Å². The van der Waals surface area contributed by atoms with Gasteiger partial charge in [-0.1, -0.05) is 89.9 Å². The number of carbonyl (C=O) groups is 1. The molecule has 1 aromatic heterocycles. The van der Waals surface area contributed by atoms with Gasteiger partial charge in [0.15, 0.2) is 5.82 Å². The molecule has 0 aliphatic rings. The smallest absolute Gasteiger partial charge is 0.306 e. The minimum Gasteiger partial charge on any atom is -0.494 e. The maximum Gasteiger partial charge on any atom is 0.306 e. The molecule has 0 N–H and O–H groups in total. The van der Waals surface area contributed by atoms with Gasteiger partial charge in [-0.2, -0.15) is 4.98 Å². The van der Waals surface area contributed by atoms with E-state index in [2.05, 4.69) is 4.98 Å². The van der Waals surface area contributed by atoms with Crippen molar-refractivity contribution in [2.75, 3.05) is 6.61 Å². The fourth-order valence-electron chi connectivity index (χ4n) is 4.10. The molecular weight excluding hydrogens is 571 g/mol. The maximum absolute atomic E-state index is 12.1. The first-order valence-corrected chi connectivity index (χ1v) is 14.2. The Bertz CT molecular complexity index is 1630. The van der Waals surface area contributed by atoms with Crippen LogP contribution in [0.4, 0.5) is 0 Å². The number of hydrogen-bond acceptors (Lipinski definition) is 6. The molecule has 0 saturated carbocycles. The van der Waals surface area contributed by atoms with Gasteiger partial charge in [0.25, 0.3) is 0 Å². The summed E-state index contributed by atoms with van der Waals surface area (Å²) in [5.74, 6) is 1.35. The van der Waals surface area contributed by atoms with Crippen LogP contribution in [0.5, 0.6) is 11.6 Å². The van der Waals surface area contributed by atoms with E-state index in [-0.39, 0.29) is 25.6 Å². The summed E-state index contributed by atoms with van der Waals surface area (Å²) in [4.78, 5) is 21.6. The Morgan fingerprint density at radius 1 is 0.667 bits per heavy atom. The summed E-state index contributed by atoms with van der Waals surface area (Å²) in [6, 6.07) is 34.1. The minimum absolute atomic E-state index is 0.154. The largest absolute Gasteiger partial charge is 0.494 e. The van der Waals surface area contributed by atoms with Gasteiger partial charge in [0.1, 0.15) is 19.0 Å². The summed E-state index contributed by atoms with van der Waals surface area (Å²) in [6.07, 6.45) is 0.775. The first kappa shape index (κ1) is 29.1. The first-order valence-electron chi connectivity index (χ1n) is 13.5. The molecule has 0 atom stereocenters. The van der Waals surface area contributed by atoms with Crippen LogP contribution in [0.15, 0.2) is 109 Å². The number of ether oxygens (including phenoxy) is 3. The Labute approximate surface area is 254 Å². The van der Waals surface area contributed by atoms with E-state index < -0.39 is 0 Å². The van der Waals surface area contributed by atoms with Gasteiger partial charge in [0.2, 0.25) is 5.88 Å². The quantitative estimate of drug-likeness (QED) is 0.106. The lowest BCUT2D eigenvalue weighted by atomic mass is 10.1. The zero-order valence-corrected chi connectivity index (χ0v) is 24.2. The number of rotatable bonds is 12. The standard InChI is InChI=1S/C34H28Cl2N2O4/c35-29-13-6-4-11-26(29)22-41-32-21-31(24-9-2-1-3-10-24)37-34(38-32)25-16-18-28(19-17-25)40-20-8-15-33(39)42-23-27-12-5-7-14-30(27)36/h1-7,9-14,16-19,21H,8,15,20,22-23H2. The monoisotopic (exact) mass is 598 g/mol. The van der Waals surface area contributed by atoms with Crippen molar-refractivity contribution in [1.29, 1.82) is 0 Å². The summed E-state index contributed by atoms with van der Waals surface area (Å²) in [5.41, 5.74) is 4.16. The number of hydrogen-bond donors (Lipinski definition) is 0. The topological polar surface area (TPSA) is 70.5 Å². The molecule has 0 spiro atoms. The summed E-state index contributed by atoms with van der Waals surface area (Å²) >= 11 is 12.4. The molecule has 4 aromatic carbocycles. The molecule has 8 heteroatoms. The van der Waals surface area contributed by atoms with Crippen molar-refractivity contribution in [3.8, 4) is 34.3 Å². The van der Waals surface area contributed by atoms with E-state index in [1.165, 1.54) is 0 Å². The number of nitrogens with zero attached hydrogens (tertiary/aromatic N) is 2. The highest BCUT2D eigenvalue weighted by Gasteiger charge is 2.12. The van der Waals surface area contributed by atoms with Crippen LogP contribution in [0.25, 0.3) is 22.6 Å². The second kappa shape index (κ2) is 14.5. The van der Waals surface area contributed by atoms with Crippen LogP contribution in [-0.2, 0) is 22.7 Å². The molecule has 42 heavy (non-hydrogen) atoms. The van der Waals surface area contributed by atoms with Crippen LogP contribution < -0.4 is 9.47 Å². The molecule has 5 rings (SSSR count). The zero-order chi connectivity index (χ0) is 29.1. The van der Waals surface area contributed by atoms with E-state index >= 15 is 0 Å². The van der Waals surface area contributed by atoms with E-state index in [9.17, 15) is 4.79 Å². The summed E-state index contributed by atoms with van der Waals surface area (Å²) in [5, 5.41) is 1.22. The molecule has 1 heterocycles. The molecule has 212 valence electrons. The number of halogens is 2. The van der Waals surface area contributed by atoms with Crippen molar-refractivity contribution >= 4 is 29.2 Å². The van der Waals surface area contributed by atoms with Gasteiger partial charge in [-0.15, -0.1) is 0 Å². The van der Waals surface area contributed by atoms with E-state index in [1.54, 1.807) is 6.07 Å².